The number of aryl methyl sites for hydroxylation is 1. The van der Waals surface area contributed by atoms with E-state index < -0.39 is 0 Å². The van der Waals surface area contributed by atoms with E-state index in [0.717, 1.165) is 5.69 Å². The van der Waals surface area contributed by atoms with Crippen LogP contribution in [0.2, 0.25) is 0 Å². The van der Waals surface area contributed by atoms with E-state index in [1.54, 1.807) is 36.4 Å². The molecular formula is C23H24N4O3. The highest BCUT2D eigenvalue weighted by molar-refractivity contribution is 6.07. The molecule has 0 aliphatic carbocycles. The lowest BCUT2D eigenvalue weighted by atomic mass is 10.2. The fourth-order valence-electron chi connectivity index (χ4n) is 3.71. The van der Waals surface area contributed by atoms with Crippen molar-refractivity contribution in [3.63, 3.8) is 0 Å². The molecule has 4 rings (SSSR count). The number of pyridine rings is 1. The Hall–Kier alpha value is -3.45. The molecule has 0 radical (unpaired) electrons. The lowest BCUT2D eigenvalue weighted by molar-refractivity contribution is 0.0978. The Morgan fingerprint density at radius 2 is 1.90 bits per heavy atom. The molecule has 154 valence electrons. The summed E-state index contributed by atoms with van der Waals surface area (Å²) in [7, 11) is 1.65. The molecule has 0 spiro atoms. The first-order chi connectivity index (χ1) is 14.7. The van der Waals surface area contributed by atoms with E-state index in [-0.39, 0.29) is 11.5 Å². The molecule has 3 aromatic heterocycles. The number of amides is 1. The van der Waals surface area contributed by atoms with E-state index >= 15 is 0 Å². The van der Waals surface area contributed by atoms with Crippen molar-refractivity contribution in [3.8, 4) is 0 Å². The van der Waals surface area contributed by atoms with Crippen LogP contribution in [0.4, 0.5) is 5.69 Å². The van der Waals surface area contributed by atoms with Crippen molar-refractivity contribution in [2.24, 2.45) is 0 Å². The van der Waals surface area contributed by atoms with Gasteiger partial charge in [-0.3, -0.25) is 14.0 Å². The molecule has 0 saturated carbocycles. The number of aromatic nitrogens is 3. The van der Waals surface area contributed by atoms with Crippen molar-refractivity contribution in [3.05, 3.63) is 76.8 Å². The van der Waals surface area contributed by atoms with Crippen LogP contribution in [-0.4, -0.2) is 40.1 Å². The molecule has 0 saturated heterocycles. The van der Waals surface area contributed by atoms with Crippen molar-refractivity contribution in [2.45, 2.75) is 19.9 Å². The van der Waals surface area contributed by atoms with E-state index in [2.05, 4.69) is 0 Å². The first-order valence-electron chi connectivity index (χ1n) is 10.0. The molecule has 30 heavy (non-hydrogen) atoms. The minimum atomic E-state index is -0.182. The predicted octanol–water partition coefficient (Wildman–Crippen LogP) is 3.35. The van der Waals surface area contributed by atoms with Crippen LogP contribution in [0.15, 0.2) is 65.6 Å². The summed E-state index contributed by atoms with van der Waals surface area (Å²) in [6.45, 7) is 3.53. The zero-order valence-corrected chi connectivity index (χ0v) is 17.1. The Balaban J connectivity index is 1.90. The maximum absolute atomic E-state index is 13.5. The molecule has 7 heteroatoms. The van der Waals surface area contributed by atoms with E-state index in [9.17, 15) is 9.59 Å². The van der Waals surface area contributed by atoms with Crippen LogP contribution in [0, 0.1) is 0 Å². The third-order valence-corrected chi connectivity index (χ3v) is 5.15. The number of ether oxygens (including phenoxy) is 1. The minimum absolute atomic E-state index is 0.160. The Labute approximate surface area is 174 Å². The highest BCUT2D eigenvalue weighted by Gasteiger charge is 2.24. The van der Waals surface area contributed by atoms with Crippen LogP contribution < -0.4 is 10.5 Å². The van der Waals surface area contributed by atoms with Gasteiger partial charge >= 0.3 is 0 Å². The first kappa shape index (κ1) is 19.8. The number of rotatable bonds is 7. The highest BCUT2D eigenvalue weighted by Crippen LogP contribution is 2.22. The van der Waals surface area contributed by atoms with E-state index in [4.69, 9.17) is 9.72 Å². The number of carbonyl (C=O) groups is 1. The average Bonchev–Trinajstić information content (AvgIpc) is 3.14. The lowest BCUT2D eigenvalue weighted by Crippen LogP contribution is -2.32. The summed E-state index contributed by atoms with van der Waals surface area (Å²) in [5.41, 5.74) is 2.16. The number of hydrogen-bond donors (Lipinski definition) is 0. The number of carbonyl (C=O) groups excluding carboxylic acids is 1. The summed E-state index contributed by atoms with van der Waals surface area (Å²) in [5, 5.41) is 0.434. The Bertz CT molecular complexity index is 1240. The largest absolute Gasteiger partial charge is 0.385 e. The van der Waals surface area contributed by atoms with E-state index in [1.165, 1.54) is 4.40 Å². The summed E-state index contributed by atoms with van der Waals surface area (Å²) in [6, 6.07) is 16.6. The van der Waals surface area contributed by atoms with Gasteiger partial charge < -0.3 is 14.2 Å². The van der Waals surface area contributed by atoms with Crippen LogP contribution in [0.25, 0.3) is 16.7 Å². The topological polar surface area (TPSA) is 68.8 Å². The van der Waals surface area contributed by atoms with Gasteiger partial charge in [-0.05, 0) is 43.7 Å². The normalized spacial score (nSPS) is 11.3. The molecule has 0 atom stereocenters. The van der Waals surface area contributed by atoms with Gasteiger partial charge in [-0.1, -0.05) is 24.3 Å². The van der Waals surface area contributed by atoms with Crippen molar-refractivity contribution in [2.75, 3.05) is 25.2 Å². The number of methoxy groups -OCH3 is 1. The molecule has 1 amide bonds. The number of nitrogens with zero attached hydrogens (tertiary/aromatic N) is 4. The number of hydrogen-bond acceptors (Lipinski definition) is 4. The number of benzene rings is 1. The molecule has 4 aromatic rings. The number of anilines is 1. The third kappa shape index (κ3) is 3.48. The second-order valence-electron chi connectivity index (χ2n) is 7.00. The van der Waals surface area contributed by atoms with Gasteiger partial charge in [-0.25, -0.2) is 4.98 Å². The Kier molecular flexibility index (Phi) is 5.63. The van der Waals surface area contributed by atoms with Gasteiger partial charge in [0.1, 0.15) is 17.0 Å². The summed E-state index contributed by atoms with van der Waals surface area (Å²) in [4.78, 5) is 33.0. The molecule has 0 aliphatic rings. The Morgan fingerprint density at radius 1 is 1.13 bits per heavy atom. The quantitative estimate of drug-likeness (QED) is 0.443. The number of fused-ring (bicyclic) bond motifs is 2. The molecule has 3 heterocycles. The molecular weight excluding hydrogens is 380 g/mol. The van der Waals surface area contributed by atoms with Gasteiger partial charge in [0.2, 0.25) is 0 Å². The summed E-state index contributed by atoms with van der Waals surface area (Å²) in [6.07, 6.45) is 2.39. The van der Waals surface area contributed by atoms with Gasteiger partial charge in [0, 0.05) is 38.7 Å². The van der Waals surface area contributed by atoms with Crippen molar-refractivity contribution in [1.29, 1.82) is 0 Å². The average molecular weight is 404 g/mol. The van der Waals surface area contributed by atoms with Gasteiger partial charge in [0.25, 0.3) is 11.5 Å². The summed E-state index contributed by atoms with van der Waals surface area (Å²) in [5.74, 6) is -0.160. The summed E-state index contributed by atoms with van der Waals surface area (Å²) >= 11 is 0. The fraction of sp³-hybridized carbons (Fsp3) is 0.261. The molecule has 0 fully saturated rings. The molecule has 0 N–H and O–H groups in total. The molecule has 0 unspecified atom stereocenters. The van der Waals surface area contributed by atoms with Crippen LogP contribution in [0.1, 0.15) is 23.8 Å². The maximum atomic E-state index is 13.5. The van der Waals surface area contributed by atoms with Gasteiger partial charge in [-0.2, -0.15) is 0 Å². The number of para-hydroxylation sites is 1. The van der Waals surface area contributed by atoms with Gasteiger partial charge in [-0.15, -0.1) is 0 Å². The second kappa shape index (κ2) is 8.51. The maximum Gasteiger partial charge on any atom is 0.274 e. The first-order valence-corrected chi connectivity index (χ1v) is 10.0. The van der Waals surface area contributed by atoms with Crippen LogP contribution in [0.5, 0.6) is 0 Å². The molecule has 7 nitrogen and oxygen atoms in total. The van der Waals surface area contributed by atoms with Crippen molar-refractivity contribution >= 4 is 28.3 Å². The molecule has 0 bridgehead atoms. The zero-order valence-electron chi connectivity index (χ0n) is 17.1. The Morgan fingerprint density at radius 3 is 2.63 bits per heavy atom. The fourth-order valence-corrected chi connectivity index (χ4v) is 3.71. The predicted molar refractivity (Wildman–Crippen MR) is 117 cm³/mol. The van der Waals surface area contributed by atoms with Crippen LogP contribution >= 0.6 is 0 Å². The van der Waals surface area contributed by atoms with Crippen LogP contribution in [-0.2, 0) is 11.3 Å². The van der Waals surface area contributed by atoms with Crippen molar-refractivity contribution in [1.82, 2.24) is 14.0 Å². The zero-order chi connectivity index (χ0) is 21.1. The van der Waals surface area contributed by atoms with E-state index in [0.29, 0.717) is 48.5 Å². The minimum Gasteiger partial charge on any atom is -0.385 e. The standard InChI is InChI=1S/C23H24N4O3/c1-3-25(17-10-5-4-6-11-17)23(29)19-16-18-21(26(19)14-9-15-30-2)24-20-12-7-8-13-27(20)22(18)28/h4-8,10-13,16H,3,9,14-15H2,1-2H3. The highest BCUT2D eigenvalue weighted by atomic mass is 16.5. The second-order valence-corrected chi connectivity index (χ2v) is 7.00. The SMILES string of the molecule is CCN(C(=O)c1cc2c(=O)n3ccccc3nc2n1CCCOC)c1ccccc1. The smallest absolute Gasteiger partial charge is 0.274 e. The monoisotopic (exact) mass is 404 g/mol. The molecule has 0 aliphatic heterocycles. The van der Waals surface area contributed by atoms with Gasteiger partial charge in [0.15, 0.2) is 0 Å². The summed E-state index contributed by atoms with van der Waals surface area (Å²) < 4.78 is 8.54. The van der Waals surface area contributed by atoms with E-state index in [1.807, 2.05) is 47.9 Å². The van der Waals surface area contributed by atoms with Gasteiger partial charge in [0.05, 0.1) is 5.39 Å². The van der Waals surface area contributed by atoms with Crippen molar-refractivity contribution < 1.29 is 9.53 Å². The van der Waals surface area contributed by atoms with Crippen LogP contribution in [0.3, 0.4) is 0 Å². The molecule has 1 aromatic carbocycles. The third-order valence-electron chi connectivity index (χ3n) is 5.15. The lowest BCUT2D eigenvalue weighted by Gasteiger charge is -2.22.